The SMILES string of the molecule is COc1cc2ncc(OCC3CCC(O)CC3)nc2cc1OC. The van der Waals surface area contributed by atoms with Crippen LogP contribution in [0.4, 0.5) is 0 Å². The van der Waals surface area contributed by atoms with Crippen molar-refractivity contribution in [2.75, 3.05) is 20.8 Å². The summed E-state index contributed by atoms with van der Waals surface area (Å²) < 4.78 is 16.3. The first-order valence-corrected chi connectivity index (χ1v) is 7.89. The largest absolute Gasteiger partial charge is 0.493 e. The number of nitrogens with zero attached hydrogens (tertiary/aromatic N) is 2. The van der Waals surface area contributed by atoms with Gasteiger partial charge in [-0.15, -0.1) is 0 Å². The average molecular weight is 318 g/mol. The van der Waals surface area contributed by atoms with E-state index in [1.165, 1.54) is 0 Å². The Labute approximate surface area is 135 Å². The van der Waals surface area contributed by atoms with Gasteiger partial charge in [0.15, 0.2) is 11.5 Å². The number of aliphatic hydroxyl groups is 1. The monoisotopic (exact) mass is 318 g/mol. The molecule has 3 rings (SSSR count). The second-order valence-electron chi connectivity index (χ2n) is 5.89. The van der Waals surface area contributed by atoms with Crippen LogP contribution >= 0.6 is 0 Å². The lowest BCUT2D eigenvalue weighted by molar-refractivity contribution is 0.0908. The number of methoxy groups -OCH3 is 2. The van der Waals surface area contributed by atoms with Crippen molar-refractivity contribution in [3.8, 4) is 17.4 Å². The van der Waals surface area contributed by atoms with Crippen LogP contribution in [0.1, 0.15) is 25.7 Å². The number of hydrogen-bond donors (Lipinski definition) is 1. The van der Waals surface area contributed by atoms with Gasteiger partial charge in [-0.05, 0) is 31.6 Å². The molecule has 1 saturated carbocycles. The minimum atomic E-state index is -0.144. The van der Waals surface area contributed by atoms with E-state index in [4.69, 9.17) is 14.2 Å². The quantitative estimate of drug-likeness (QED) is 0.913. The van der Waals surface area contributed by atoms with Crippen molar-refractivity contribution in [3.05, 3.63) is 18.3 Å². The number of hydrogen-bond acceptors (Lipinski definition) is 6. The summed E-state index contributed by atoms with van der Waals surface area (Å²) >= 11 is 0. The summed E-state index contributed by atoms with van der Waals surface area (Å²) in [6.07, 6.45) is 5.18. The first-order valence-electron chi connectivity index (χ1n) is 7.89. The van der Waals surface area contributed by atoms with Crippen LogP contribution in [0.2, 0.25) is 0 Å². The second kappa shape index (κ2) is 7.00. The zero-order valence-electron chi connectivity index (χ0n) is 13.5. The van der Waals surface area contributed by atoms with Crippen LogP contribution in [-0.4, -0.2) is 42.0 Å². The molecule has 1 aromatic heterocycles. The van der Waals surface area contributed by atoms with Crippen LogP contribution in [0.15, 0.2) is 18.3 Å². The molecule has 6 heteroatoms. The summed E-state index contributed by atoms with van der Waals surface area (Å²) in [6.45, 7) is 0.611. The van der Waals surface area contributed by atoms with Gasteiger partial charge in [0, 0.05) is 12.1 Å². The van der Waals surface area contributed by atoms with E-state index in [-0.39, 0.29) is 6.10 Å². The van der Waals surface area contributed by atoms with Crippen LogP contribution < -0.4 is 14.2 Å². The van der Waals surface area contributed by atoms with Crippen molar-refractivity contribution in [2.45, 2.75) is 31.8 Å². The molecule has 1 aliphatic rings. The zero-order valence-corrected chi connectivity index (χ0v) is 13.5. The van der Waals surface area contributed by atoms with E-state index in [1.807, 2.05) is 0 Å². The summed E-state index contributed by atoms with van der Waals surface area (Å²) in [5.74, 6) is 2.23. The highest BCUT2D eigenvalue weighted by atomic mass is 16.5. The lowest BCUT2D eigenvalue weighted by Gasteiger charge is -2.24. The first kappa shape index (κ1) is 15.8. The molecular weight excluding hydrogens is 296 g/mol. The summed E-state index contributed by atoms with van der Waals surface area (Å²) in [6, 6.07) is 3.60. The van der Waals surface area contributed by atoms with Gasteiger partial charge in [-0.2, -0.15) is 0 Å². The third-order valence-electron chi connectivity index (χ3n) is 4.31. The van der Waals surface area contributed by atoms with Crippen LogP contribution in [0, 0.1) is 5.92 Å². The number of rotatable bonds is 5. The minimum absolute atomic E-state index is 0.144. The highest BCUT2D eigenvalue weighted by Crippen LogP contribution is 2.31. The molecule has 1 fully saturated rings. The summed E-state index contributed by atoms with van der Waals surface area (Å²) in [5, 5.41) is 9.54. The van der Waals surface area contributed by atoms with E-state index in [9.17, 15) is 5.11 Å². The highest BCUT2D eigenvalue weighted by molar-refractivity contribution is 5.79. The van der Waals surface area contributed by atoms with Crippen LogP contribution in [0.3, 0.4) is 0 Å². The van der Waals surface area contributed by atoms with E-state index >= 15 is 0 Å². The van der Waals surface area contributed by atoms with Crippen molar-refractivity contribution >= 4 is 11.0 Å². The van der Waals surface area contributed by atoms with Crippen molar-refractivity contribution in [2.24, 2.45) is 5.92 Å². The van der Waals surface area contributed by atoms with E-state index in [0.29, 0.717) is 35.4 Å². The molecule has 0 unspecified atom stereocenters. The molecule has 0 saturated heterocycles. The number of benzene rings is 1. The van der Waals surface area contributed by atoms with Gasteiger partial charge in [-0.1, -0.05) is 0 Å². The summed E-state index contributed by atoms with van der Waals surface area (Å²) in [4.78, 5) is 8.87. The Kier molecular flexibility index (Phi) is 4.81. The lowest BCUT2D eigenvalue weighted by Crippen LogP contribution is -2.22. The van der Waals surface area contributed by atoms with Crippen LogP contribution in [0.25, 0.3) is 11.0 Å². The molecule has 6 nitrogen and oxygen atoms in total. The van der Waals surface area contributed by atoms with E-state index in [1.54, 1.807) is 32.5 Å². The first-order chi connectivity index (χ1) is 11.2. The summed E-state index contributed by atoms with van der Waals surface area (Å²) in [7, 11) is 3.19. The molecule has 124 valence electrons. The smallest absolute Gasteiger partial charge is 0.232 e. The van der Waals surface area contributed by atoms with E-state index < -0.39 is 0 Å². The van der Waals surface area contributed by atoms with Crippen molar-refractivity contribution < 1.29 is 19.3 Å². The molecule has 1 aliphatic carbocycles. The van der Waals surface area contributed by atoms with Gasteiger partial charge in [-0.3, -0.25) is 0 Å². The predicted octanol–water partition coefficient (Wildman–Crippen LogP) is 2.58. The van der Waals surface area contributed by atoms with Crippen molar-refractivity contribution in [1.82, 2.24) is 9.97 Å². The molecule has 0 radical (unpaired) electrons. The maximum absolute atomic E-state index is 9.54. The van der Waals surface area contributed by atoms with Gasteiger partial charge in [-0.25, -0.2) is 9.97 Å². The minimum Gasteiger partial charge on any atom is -0.493 e. The Bertz CT molecular complexity index is 669. The number of aliphatic hydroxyl groups excluding tert-OH is 1. The van der Waals surface area contributed by atoms with Crippen LogP contribution in [-0.2, 0) is 0 Å². The normalized spacial score (nSPS) is 21.2. The Hall–Kier alpha value is -2.08. The molecule has 1 heterocycles. The Morgan fingerprint density at radius 3 is 2.35 bits per heavy atom. The Morgan fingerprint density at radius 1 is 1.04 bits per heavy atom. The number of fused-ring (bicyclic) bond motifs is 1. The van der Waals surface area contributed by atoms with Gasteiger partial charge in [0.1, 0.15) is 0 Å². The maximum Gasteiger partial charge on any atom is 0.232 e. The van der Waals surface area contributed by atoms with Gasteiger partial charge >= 0.3 is 0 Å². The van der Waals surface area contributed by atoms with Gasteiger partial charge < -0.3 is 19.3 Å². The fourth-order valence-corrected chi connectivity index (χ4v) is 2.91. The molecule has 1 aromatic carbocycles. The van der Waals surface area contributed by atoms with Crippen LogP contribution in [0.5, 0.6) is 17.4 Å². The lowest BCUT2D eigenvalue weighted by atomic mass is 9.88. The Morgan fingerprint density at radius 2 is 1.70 bits per heavy atom. The Balaban J connectivity index is 1.72. The number of ether oxygens (including phenoxy) is 3. The topological polar surface area (TPSA) is 73.7 Å². The fourth-order valence-electron chi connectivity index (χ4n) is 2.91. The molecule has 1 N–H and O–H groups in total. The molecule has 0 spiro atoms. The van der Waals surface area contributed by atoms with E-state index in [0.717, 1.165) is 31.2 Å². The molecule has 23 heavy (non-hydrogen) atoms. The zero-order chi connectivity index (χ0) is 16.2. The second-order valence-corrected chi connectivity index (χ2v) is 5.89. The van der Waals surface area contributed by atoms with Gasteiger partial charge in [0.2, 0.25) is 5.88 Å². The third kappa shape index (κ3) is 3.64. The van der Waals surface area contributed by atoms with E-state index in [2.05, 4.69) is 9.97 Å². The molecule has 0 aliphatic heterocycles. The predicted molar refractivity (Wildman–Crippen MR) is 86.1 cm³/mol. The molecule has 2 aromatic rings. The summed E-state index contributed by atoms with van der Waals surface area (Å²) in [5.41, 5.74) is 1.44. The maximum atomic E-state index is 9.54. The highest BCUT2D eigenvalue weighted by Gasteiger charge is 2.20. The molecule has 0 atom stereocenters. The van der Waals surface area contributed by atoms with Gasteiger partial charge in [0.25, 0.3) is 0 Å². The van der Waals surface area contributed by atoms with Crippen molar-refractivity contribution in [1.29, 1.82) is 0 Å². The molecule has 0 bridgehead atoms. The molecule has 0 amide bonds. The average Bonchev–Trinajstić information content (AvgIpc) is 2.59. The standard InChI is InChI=1S/C17H22N2O4/c1-21-15-7-13-14(8-16(15)22-2)19-17(9-18-13)23-10-11-3-5-12(20)6-4-11/h7-9,11-12,20H,3-6,10H2,1-2H3. The van der Waals surface area contributed by atoms with Crippen molar-refractivity contribution in [3.63, 3.8) is 0 Å². The third-order valence-corrected chi connectivity index (χ3v) is 4.31. The number of aromatic nitrogens is 2. The molecular formula is C17H22N2O4. The fraction of sp³-hybridized carbons (Fsp3) is 0.529. The van der Waals surface area contributed by atoms with Gasteiger partial charge in [0.05, 0.1) is 44.2 Å².